The molecule has 0 aliphatic heterocycles. The molecule has 1 N–H and O–H groups in total. The third-order valence-corrected chi connectivity index (χ3v) is 3.25. The van der Waals surface area contributed by atoms with Crippen molar-refractivity contribution >= 4 is 0 Å². The van der Waals surface area contributed by atoms with Crippen LogP contribution in [0.25, 0.3) is 0 Å². The second kappa shape index (κ2) is 8.12. The summed E-state index contributed by atoms with van der Waals surface area (Å²) in [5, 5.41) is 9.50. The molecule has 0 spiro atoms. The van der Waals surface area contributed by atoms with Gasteiger partial charge in [-0.1, -0.05) is 32.6 Å². The van der Waals surface area contributed by atoms with Gasteiger partial charge in [-0.15, -0.1) is 0 Å². The lowest BCUT2D eigenvalue weighted by molar-refractivity contribution is 0.0401. The molecule has 1 aliphatic rings. The minimum absolute atomic E-state index is 0.0626. The lowest BCUT2D eigenvalue weighted by atomic mass is 9.88. The highest BCUT2D eigenvalue weighted by Gasteiger charge is 2.19. The van der Waals surface area contributed by atoms with Crippen molar-refractivity contribution in [3.8, 4) is 0 Å². The first-order valence-electron chi connectivity index (χ1n) is 6.58. The van der Waals surface area contributed by atoms with Crippen LogP contribution in [-0.4, -0.2) is 24.4 Å². The van der Waals surface area contributed by atoms with Crippen LogP contribution in [0.4, 0.5) is 0 Å². The van der Waals surface area contributed by atoms with Gasteiger partial charge in [-0.25, -0.2) is 0 Å². The van der Waals surface area contributed by atoms with E-state index in [0.29, 0.717) is 5.92 Å². The van der Waals surface area contributed by atoms with Crippen molar-refractivity contribution < 1.29 is 9.84 Å². The minimum atomic E-state index is -0.0626. The summed E-state index contributed by atoms with van der Waals surface area (Å²) in [7, 11) is 0. The Morgan fingerprint density at radius 2 is 2.07 bits per heavy atom. The molecular weight excluding hydrogens is 188 g/mol. The molecule has 1 fully saturated rings. The largest absolute Gasteiger partial charge is 0.393 e. The third kappa shape index (κ3) is 6.16. The standard InChI is InChI=1S/C13H26O2/c1-2-3-4-5-9-15-11-12-7-6-8-13(14)10-12/h12-14H,2-11H2,1H3. The number of hydrogen-bond donors (Lipinski definition) is 1. The van der Waals surface area contributed by atoms with E-state index < -0.39 is 0 Å². The molecule has 1 rings (SSSR count). The number of unbranched alkanes of at least 4 members (excludes halogenated alkanes) is 3. The van der Waals surface area contributed by atoms with E-state index in [1.54, 1.807) is 0 Å². The Bertz CT molecular complexity index is 147. The van der Waals surface area contributed by atoms with Crippen molar-refractivity contribution in [2.24, 2.45) is 5.92 Å². The first-order chi connectivity index (χ1) is 7.33. The van der Waals surface area contributed by atoms with Crippen molar-refractivity contribution in [3.63, 3.8) is 0 Å². The SMILES string of the molecule is CCCCCCOCC1CCCC(O)C1. The zero-order valence-electron chi connectivity index (χ0n) is 10.1. The monoisotopic (exact) mass is 214 g/mol. The molecule has 90 valence electrons. The van der Waals surface area contributed by atoms with Crippen molar-refractivity contribution in [1.29, 1.82) is 0 Å². The van der Waals surface area contributed by atoms with Crippen molar-refractivity contribution in [2.45, 2.75) is 64.4 Å². The molecule has 0 bridgehead atoms. The van der Waals surface area contributed by atoms with Gasteiger partial charge in [-0.05, 0) is 31.6 Å². The van der Waals surface area contributed by atoms with Gasteiger partial charge < -0.3 is 9.84 Å². The van der Waals surface area contributed by atoms with E-state index in [9.17, 15) is 5.11 Å². The Morgan fingerprint density at radius 3 is 2.80 bits per heavy atom. The summed E-state index contributed by atoms with van der Waals surface area (Å²) < 4.78 is 5.66. The Hall–Kier alpha value is -0.0800. The number of hydrogen-bond acceptors (Lipinski definition) is 2. The maximum atomic E-state index is 9.50. The molecule has 2 atom stereocenters. The molecule has 15 heavy (non-hydrogen) atoms. The van der Waals surface area contributed by atoms with E-state index in [0.717, 1.165) is 26.1 Å². The molecule has 1 saturated carbocycles. The third-order valence-electron chi connectivity index (χ3n) is 3.25. The van der Waals surface area contributed by atoms with Gasteiger partial charge in [0.2, 0.25) is 0 Å². The maximum absolute atomic E-state index is 9.50. The van der Waals surface area contributed by atoms with Crippen LogP contribution in [0.3, 0.4) is 0 Å². The highest BCUT2D eigenvalue weighted by Crippen LogP contribution is 2.24. The lowest BCUT2D eigenvalue weighted by Crippen LogP contribution is -2.23. The molecule has 0 aromatic carbocycles. The number of aliphatic hydroxyl groups excluding tert-OH is 1. The fourth-order valence-corrected chi connectivity index (χ4v) is 2.29. The second-order valence-corrected chi connectivity index (χ2v) is 4.82. The quantitative estimate of drug-likeness (QED) is 0.660. The predicted octanol–water partition coefficient (Wildman–Crippen LogP) is 3.13. The van der Waals surface area contributed by atoms with Gasteiger partial charge in [0.15, 0.2) is 0 Å². The molecule has 2 heteroatoms. The summed E-state index contributed by atoms with van der Waals surface area (Å²) in [4.78, 5) is 0. The molecule has 1 aliphatic carbocycles. The van der Waals surface area contributed by atoms with E-state index in [1.165, 1.54) is 38.5 Å². The molecule has 2 nitrogen and oxygen atoms in total. The Balaban J connectivity index is 1.90. The van der Waals surface area contributed by atoms with Crippen LogP contribution in [0.2, 0.25) is 0 Å². The van der Waals surface area contributed by atoms with Gasteiger partial charge in [0.1, 0.15) is 0 Å². The van der Waals surface area contributed by atoms with Gasteiger partial charge in [-0.3, -0.25) is 0 Å². The minimum Gasteiger partial charge on any atom is -0.393 e. The summed E-state index contributed by atoms with van der Waals surface area (Å²) in [6.07, 6.45) is 9.40. The van der Waals surface area contributed by atoms with Gasteiger partial charge >= 0.3 is 0 Å². The molecular formula is C13H26O2. The molecule has 0 saturated heterocycles. The zero-order chi connectivity index (χ0) is 10.9. The smallest absolute Gasteiger partial charge is 0.0543 e. The summed E-state index contributed by atoms with van der Waals surface area (Å²) in [5.41, 5.74) is 0. The number of aliphatic hydroxyl groups is 1. The topological polar surface area (TPSA) is 29.5 Å². The van der Waals surface area contributed by atoms with Gasteiger partial charge in [0.05, 0.1) is 6.10 Å². The zero-order valence-corrected chi connectivity index (χ0v) is 10.1. The lowest BCUT2D eigenvalue weighted by Gasteiger charge is -2.25. The van der Waals surface area contributed by atoms with Crippen LogP contribution in [0.5, 0.6) is 0 Å². The van der Waals surface area contributed by atoms with Crippen LogP contribution in [0.15, 0.2) is 0 Å². The van der Waals surface area contributed by atoms with Crippen LogP contribution in [0.1, 0.15) is 58.3 Å². The Morgan fingerprint density at radius 1 is 1.20 bits per heavy atom. The van der Waals surface area contributed by atoms with Gasteiger partial charge in [0, 0.05) is 13.2 Å². The van der Waals surface area contributed by atoms with Crippen molar-refractivity contribution in [2.75, 3.05) is 13.2 Å². The summed E-state index contributed by atoms with van der Waals surface area (Å²) >= 11 is 0. The molecule has 0 radical (unpaired) electrons. The Kier molecular flexibility index (Phi) is 7.03. The molecule has 0 aromatic heterocycles. The summed E-state index contributed by atoms with van der Waals surface area (Å²) in [5.74, 6) is 0.611. The van der Waals surface area contributed by atoms with Crippen LogP contribution >= 0.6 is 0 Å². The maximum Gasteiger partial charge on any atom is 0.0543 e. The van der Waals surface area contributed by atoms with Crippen LogP contribution < -0.4 is 0 Å². The van der Waals surface area contributed by atoms with Crippen LogP contribution in [0, 0.1) is 5.92 Å². The highest BCUT2D eigenvalue weighted by molar-refractivity contribution is 4.71. The normalized spacial score (nSPS) is 26.8. The van der Waals surface area contributed by atoms with Crippen molar-refractivity contribution in [3.05, 3.63) is 0 Å². The molecule has 0 aromatic rings. The van der Waals surface area contributed by atoms with Crippen LogP contribution in [-0.2, 0) is 4.74 Å². The summed E-state index contributed by atoms with van der Waals surface area (Å²) in [6, 6.07) is 0. The molecule has 0 amide bonds. The highest BCUT2D eigenvalue weighted by atomic mass is 16.5. The average molecular weight is 214 g/mol. The fourth-order valence-electron chi connectivity index (χ4n) is 2.29. The second-order valence-electron chi connectivity index (χ2n) is 4.82. The predicted molar refractivity (Wildman–Crippen MR) is 62.9 cm³/mol. The van der Waals surface area contributed by atoms with Gasteiger partial charge in [0.25, 0.3) is 0 Å². The molecule has 2 unspecified atom stereocenters. The first kappa shape index (κ1) is 13.0. The van der Waals surface area contributed by atoms with E-state index in [2.05, 4.69) is 6.92 Å². The van der Waals surface area contributed by atoms with E-state index in [1.807, 2.05) is 0 Å². The summed E-state index contributed by atoms with van der Waals surface area (Å²) in [6.45, 7) is 4.00. The Labute approximate surface area is 94.0 Å². The van der Waals surface area contributed by atoms with E-state index in [-0.39, 0.29) is 6.10 Å². The van der Waals surface area contributed by atoms with Gasteiger partial charge in [-0.2, -0.15) is 0 Å². The van der Waals surface area contributed by atoms with Crippen molar-refractivity contribution in [1.82, 2.24) is 0 Å². The fraction of sp³-hybridized carbons (Fsp3) is 1.00. The van der Waals surface area contributed by atoms with E-state index in [4.69, 9.17) is 4.74 Å². The number of rotatable bonds is 7. The molecule has 0 heterocycles. The average Bonchev–Trinajstić information content (AvgIpc) is 2.23. The van der Waals surface area contributed by atoms with E-state index >= 15 is 0 Å². The number of ether oxygens (including phenoxy) is 1. The first-order valence-corrected chi connectivity index (χ1v) is 6.58.